The summed E-state index contributed by atoms with van der Waals surface area (Å²) in [5.41, 5.74) is 0.302. The molecule has 4 heteroatoms. The molecule has 2 rings (SSSR count). The van der Waals surface area contributed by atoms with E-state index in [9.17, 15) is 15.3 Å². The van der Waals surface area contributed by atoms with E-state index < -0.39 is 11.3 Å². The van der Waals surface area contributed by atoms with Crippen LogP contribution in [0.5, 0.6) is 0 Å². The van der Waals surface area contributed by atoms with Crippen LogP contribution in [0.2, 0.25) is 0 Å². The molecule has 0 spiro atoms. The van der Waals surface area contributed by atoms with Gasteiger partial charge in [-0.05, 0) is 24.1 Å². The molecule has 0 radical (unpaired) electrons. The maximum absolute atomic E-state index is 12.5. The molecular weight excluding hydrogens is 364 g/mol. The lowest BCUT2D eigenvalue weighted by atomic mass is 9.76. The summed E-state index contributed by atoms with van der Waals surface area (Å²) in [5, 5.41) is 19.2. The van der Waals surface area contributed by atoms with Crippen molar-refractivity contribution in [1.82, 2.24) is 0 Å². The number of rotatable bonds is 6. The van der Waals surface area contributed by atoms with Gasteiger partial charge in [0.05, 0.1) is 12.1 Å². The largest absolute Gasteiger partial charge is 0.294 e. The van der Waals surface area contributed by atoms with Gasteiger partial charge in [-0.25, -0.2) is 0 Å². The maximum Gasteiger partial charge on any atom is 0.165 e. The van der Waals surface area contributed by atoms with Crippen molar-refractivity contribution in [3.05, 3.63) is 70.2 Å². The molecule has 0 bridgehead atoms. The number of hydrogen-bond donors (Lipinski definition) is 0. The Balaban J connectivity index is 2.18. The number of nitrogens with zero attached hydrogens (tertiary/aromatic N) is 2. The minimum Gasteiger partial charge on any atom is -0.294 e. The molecule has 1 atom stereocenters. The van der Waals surface area contributed by atoms with Crippen LogP contribution in [0.25, 0.3) is 0 Å². The summed E-state index contributed by atoms with van der Waals surface area (Å²) >= 11 is 3.37. The van der Waals surface area contributed by atoms with Gasteiger partial charge in [-0.1, -0.05) is 65.3 Å². The Morgan fingerprint density at radius 1 is 1.08 bits per heavy atom. The zero-order valence-electron chi connectivity index (χ0n) is 13.4. The molecule has 0 saturated heterocycles. The van der Waals surface area contributed by atoms with Crippen LogP contribution in [0.1, 0.15) is 29.3 Å². The monoisotopic (exact) mass is 380 g/mol. The van der Waals surface area contributed by atoms with Crippen molar-refractivity contribution in [2.24, 2.45) is 11.3 Å². The van der Waals surface area contributed by atoms with E-state index in [1.54, 1.807) is 19.1 Å². The highest BCUT2D eigenvalue weighted by Gasteiger charge is 2.34. The van der Waals surface area contributed by atoms with Gasteiger partial charge in [0.1, 0.15) is 5.41 Å². The molecule has 0 saturated carbocycles. The summed E-state index contributed by atoms with van der Waals surface area (Å²) < 4.78 is 0.943. The molecule has 3 nitrogen and oxygen atoms in total. The van der Waals surface area contributed by atoms with Gasteiger partial charge in [-0.3, -0.25) is 4.79 Å². The first-order valence-electron chi connectivity index (χ1n) is 7.66. The molecule has 0 unspecified atom stereocenters. The Kier molecular flexibility index (Phi) is 5.90. The fourth-order valence-corrected chi connectivity index (χ4v) is 2.98. The first-order chi connectivity index (χ1) is 11.5. The molecule has 0 aromatic heterocycles. The van der Waals surface area contributed by atoms with Crippen molar-refractivity contribution < 1.29 is 4.79 Å². The Morgan fingerprint density at radius 3 is 2.21 bits per heavy atom. The van der Waals surface area contributed by atoms with Crippen molar-refractivity contribution in [3.8, 4) is 12.1 Å². The molecule has 2 aromatic carbocycles. The van der Waals surface area contributed by atoms with E-state index in [0.717, 1.165) is 10.0 Å². The third kappa shape index (κ3) is 4.31. The highest BCUT2D eigenvalue weighted by Crippen LogP contribution is 2.31. The molecule has 2 aromatic rings. The highest BCUT2D eigenvalue weighted by molar-refractivity contribution is 9.10. The van der Waals surface area contributed by atoms with Crippen molar-refractivity contribution in [2.45, 2.75) is 19.8 Å². The van der Waals surface area contributed by atoms with Gasteiger partial charge in [-0.2, -0.15) is 10.5 Å². The van der Waals surface area contributed by atoms with Gasteiger partial charge >= 0.3 is 0 Å². The SMILES string of the molecule is C[C@@H](CC(C#N)(C#N)Cc1ccc(Br)cc1)C(=O)c1ccccc1. The van der Waals surface area contributed by atoms with E-state index in [1.165, 1.54) is 0 Å². The molecule has 0 aliphatic carbocycles. The lowest BCUT2D eigenvalue weighted by Crippen LogP contribution is -2.26. The Hall–Kier alpha value is -2.43. The van der Waals surface area contributed by atoms with Gasteiger partial charge in [0, 0.05) is 22.4 Å². The standard InChI is InChI=1S/C20H17BrN2O/c1-15(19(24)17-5-3-2-4-6-17)11-20(13-22,14-23)12-16-7-9-18(21)10-8-16/h2-10,15H,11-12H2,1H3/t15-/m0/s1. The molecule has 0 heterocycles. The first-order valence-corrected chi connectivity index (χ1v) is 8.45. The molecule has 0 amide bonds. The second-order valence-corrected chi connectivity index (χ2v) is 6.86. The van der Waals surface area contributed by atoms with E-state index in [1.807, 2.05) is 42.5 Å². The van der Waals surface area contributed by atoms with Crippen LogP contribution in [-0.4, -0.2) is 5.78 Å². The predicted molar refractivity (Wildman–Crippen MR) is 96.1 cm³/mol. The third-order valence-corrected chi connectivity index (χ3v) is 4.54. The fraction of sp³-hybridized carbons (Fsp3) is 0.250. The van der Waals surface area contributed by atoms with E-state index in [-0.39, 0.29) is 12.2 Å². The summed E-state index contributed by atoms with van der Waals surface area (Å²) in [5.74, 6) is -0.441. The zero-order valence-corrected chi connectivity index (χ0v) is 15.0. The lowest BCUT2D eigenvalue weighted by molar-refractivity contribution is 0.0909. The van der Waals surface area contributed by atoms with Gasteiger partial charge in [-0.15, -0.1) is 0 Å². The molecule has 24 heavy (non-hydrogen) atoms. The zero-order chi connectivity index (χ0) is 17.6. The lowest BCUT2D eigenvalue weighted by Gasteiger charge is -2.22. The number of ketones is 1. The molecule has 0 aliphatic heterocycles. The van der Waals surface area contributed by atoms with Gasteiger partial charge in [0.15, 0.2) is 5.78 Å². The normalized spacial score (nSPS) is 12.0. The molecule has 0 aliphatic rings. The number of nitriles is 2. The summed E-state index contributed by atoms with van der Waals surface area (Å²) in [6.45, 7) is 1.78. The predicted octanol–water partition coefficient (Wildman–Crippen LogP) is 4.93. The molecular formula is C20H17BrN2O. The van der Waals surface area contributed by atoms with Crippen LogP contribution in [-0.2, 0) is 6.42 Å². The number of benzene rings is 2. The maximum atomic E-state index is 12.5. The van der Waals surface area contributed by atoms with Gasteiger partial charge in [0.2, 0.25) is 0 Å². The average molecular weight is 381 g/mol. The van der Waals surface area contributed by atoms with Crippen molar-refractivity contribution in [2.75, 3.05) is 0 Å². The Morgan fingerprint density at radius 2 is 1.67 bits per heavy atom. The number of halogens is 1. The van der Waals surface area contributed by atoms with Crippen molar-refractivity contribution >= 4 is 21.7 Å². The van der Waals surface area contributed by atoms with Crippen LogP contribution in [0, 0.1) is 34.0 Å². The van der Waals surface area contributed by atoms with E-state index in [0.29, 0.717) is 12.0 Å². The first kappa shape index (κ1) is 17.9. The number of carbonyl (C=O) groups is 1. The Labute approximate surface area is 150 Å². The van der Waals surface area contributed by atoms with Crippen LogP contribution < -0.4 is 0 Å². The molecule has 0 fully saturated rings. The fourth-order valence-electron chi connectivity index (χ4n) is 2.72. The summed E-state index contributed by atoms with van der Waals surface area (Å²) in [6.07, 6.45) is 0.517. The van der Waals surface area contributed by atoms with Crippen LogP contribution in [0.4, 0.5) is 0 Å². The second-order valence-electron chi connectivity index (χ2n) is 5.94. The van der Waals surface area contributed by atoms with Gasteiger partial charge in [0.25, 0.3) is 0 Å². The minimum absolute atomic E-state index is 0.0405. The topological polar surface area (TPSA) is 64.7 Å². The van der Waals surface area contributed by atoms with E-state index in [2.05, 4.69) is 28.1 Å². The van der Waals surface area contributed by atoms with Crippen LogP contribution in [0.3, 0.4) is 0 Å². The number of hydrogen-bond acceptors (Lipinski definition) is 3. The second kappa shape index (κ2) is 7.90. The quantitative estimate of drug-likeness (QED) is 0.666. The summed E-state index contributed by atoms with van der Waals surface area (Å²) in [6, 6.07) is 20.8. The number of carbonyl (C=O) groups excluding carboxylic acids is 1. The van der Waals surface area contributed by atoms with Crippen LogP contribution >= 0.6 is 15.9 Å². The third-order valence-electron chi connectivity index (χ3n) is 4.01. The average Bonchev–Trinajstić information content (AvgIpc) is 2.63. The molecule has 120 valence electrons. The molecule has 0 N–H and O–H groups in total. The van der Waals surface area contributed by atoms with Crippen LogP contribution in [0.15, 0.2) is 59.1 Å². The minimum atomic E-state index is -1.21. The summed E-state index contributed by atoms with van der Waals surface area (Å²) in [4.78, 5) is 12.5. The van der Waals surface area contributed by atoms with Crippen molar-refractivity contribution in [3.63, 3.8) is 0 Å². The smallest absolute Gasteiger partial charge is 0.165 e. The summed E-state index contributed by atoms with van der Waals surface area (Å²) in [7, 11) is 0. The van der Waals surface area contributed by atoms with Crippen molar-refractivity contribution in [1.29, 1.82) is 10.5 Å². The van der Waals surface area contributed by atoms with E-state index >= 15 is 0 Å². The Bertz CT molecular complexity index is 771. The van der Waals surface area contributed by atoms with Gasteiger partial charge < -0.3 is 0 Å². The number of Topliss-reactive ketones (excluding diaryl/α,β-unsaturated/α-hetero) is 1. The van der Waals surface area contributed by atoms with E-state index in [4.69, 9.17) is 0 Å². The highest BCUT2D eigenvalue weighted by atomic mass is 79.9.